The van der Waals surface area contributed by atoms with E-state index in [0.29, 0.717) is 0 Å². The van der Waals surface area contributed by atoms with E-state index in [4.69, 9.17) is 4.74 Å². The minimum absolute atomic E-state index is 0.831. The largest absolute Gasteiger partial charge is 0.496 e. The molecule has 2 aromatic rings. The minimum Gasteiger partial charge on any atom is -0.496 e. The van der Waals surface area contributed by atoms with Gasteiger partial charge in [-0.05, 0) is 59.1 Å². The minimum atomic E-state index is 0.831. The van der Waals surface area contributed by atoms with E-state index in [1.165, 1.54) is 11.1 Å². The van der Waals surface area contributed by atoms with Gasteiger partial charge in [-0.25, -0.2) is 4.98 Å². The number of aryl methyl sites for hydroxylation is 2. The van der Waals surface area contributed by atoms with Gasteiger partial charge in [0.2, 0.25) is 0 Å². The van der Waals surface area contributed by atoms with Gasteiger partial charge in [-0.1, -0.05) is 12.1 Å². The predicted octanol–water partition coefficient (Wildman–Crippen LogP) is 4.14. The lowest BCUT2D eigenvalue weighted by atomic mass is 10.0. The highest BCUT2D eigenvalue weighted by atomic mass is 79.9. The molecule has 0 aliphatic carbocycles. The van der Waals surface area contributed by atoms with Crippen LogP contribution in [-0.2, 0) is 0 Å². The molecule has 2 nitrogen and oxygen atoms in total. The van der Waals surface area contributed by atoms with Gasteiger partial charge in [-0.15, -0.1) is 0 Å². The molecule has 88 valence electrons. The Labute approximate surface area is 110 Å². The second-order valence-corrected chi connectivity index (χ2v) is 4.82. The van der Waals surface area contributed by atoms with Crippen LogP contribution in [0.25, 0.3) is 11.3 Å². The van der Waals surface area contributed by atoms with Gasteiger partial charge in [-0.2, -0.15) is 0 Å². The van der Waals surface area contributed by atoms with E-state index >= 15 is 0 Å². The normalized spacial score (nSPS) is 10.4. The Hall–Kier alpha value is -1.35. The molecular formula is C14H14BrNO. The first-order valence-corrected chi connectivity index (χ1v) is 6.19. The number of hydrogen-bond donors (Lipinski definition) is 0. The van der Waals surface area contributed by atoms with Crippen molar-refractivity contribution in [3.63, 3.8) is 0 Å². The van der Waals surface area contributed by atoms with Crippen molar-refractivity contribution < 1.29 is 4.74 Å². The molecule has 1 aromatic heterocycles. The molecule has 0 atom stereocenters. The Kier molecular flexibility index (Phi) is 3.48. The van der Waals surface area contributed by atoms with Crippen molar-refractivity contribution in [2.45, 2.75) is 13.8 Å². The van der Waals surface area contributed by atoms with Gasteiger partial charge in [0.05, 0.1) is 12.8 Å². The van der Waals surface area contributed by atoms with Crippen LogP contribution in [0.1, 0.15) is 11.1 Å². The maximum absolute atomic E-state index is 5.45. The van der Waals surface area contributed by atoms with Gasteiger partial charge in [-0.3, -0.25) is 0 Å². The van der Waals surface area contributed by atoms with E-state index in [-0.39, 0.29) is 0 Å². The van der Waals surface area contributed by atoms with Crippen molar-refractivity contribution >= 4 is 15.9 Å². The summed E-state index contributed by atoms with van der Waals surface area (Å²) in [5.74, 6) is 0.869. The maximum Gasteiger partial charge on any atom is 0.128 e. The zero-order valence-corrected chi connectivity index (χ0v) is 11.7. The van der Waals surface area contributed by atoms with Gasteiger partial charge in [0.25, 0.3) is 0 Å². The summed E-state index contributed by atoms with van der Waals surface area (Å²) in [4.78, 5) is 4.48. The molecule has 2 rings (SSSR count). The molecule has 1 heterocycles. The van der Waals surface area contributed by atoms with Crippen molar-refractivity contribution in [1.82, 2.24) is 4.98 Å². The first kappa shape index (κ1) is 12.1. The molecule has 0 bridgehead atoms. The van der Waals surface area contributed by atoms with Crippen molar-refractivity contribution in [3.8, 4) is 17.0 Å². The standard InChI is InChI=1S/C14H14BrNO/c1-9-7-10(2)14(12(8-9)17-3)11-5-4-6-13(15)16-11/h4-8H,1-3H3. The number of halogens is 1. The quantitative estimate of drug-likeness (QED) is 0.776. The molecule has 17 heavy (non-hydrogen) atoms. The average molecular weight is 292 g/mol. The van der Waals surface area contributed by atoms with Gasteiger partial charge >= 0.3 is 0 Å². The molecule has 0 amide bonds. The number of benzene rings is 1. The van der Waals surface area contributed by atoms with Gasteiger partial charge in [0, 0.05) is 5.56 Å². The summed E-state index contributed by atoms with van der Waals surface area (Å²) < 4.78 is 6.28. The first-order chi connectivity index (χ1) is 8.11. The number of pyridine rings is 1. The van der Waals surface area contributed by atoms with Crippen molar-refractivity contribution in [2.24, 2.45) is 0 Å². The van der Waals surface area contributed by atoms with Crippen LogP contribution in [0, 0.1) is 13.8 Å². The fourth-order valence-corrected chi connectivity index (χ4v) is 2.31. The number of hydrogen-bond acceptors (Lipinski definition) is 2. The number of rotatable bonds is 2. The number of methoxy groups -OCH3 is 1. The van der Waals surface area contributed by atoms with Crippen LogP contribution < -0.4 is 4.74 Å². The summed E-state index contributed by atoms with van der Waals surface area (Å²) >= 11 is 3.39. The van der Waals surface area contributed by atoms with Gasteiger partial charge < -0.3 is 4.74 Å². The third kappa shape index (κ3) is 2.50. The Morgan fingerprint density at radius 1 is 1.18 bits per heavy atom. The first-order valence-electron chi connectivity index (χ1n) is 5.40. The highest BCUT2D eigenvalue weighted by Crippen LogP contribution is 2.33. The van der Waals surface area contributed by atoms with Crippen LogP contribution in [0.15, 0.2) is 34.9 Å². The lowest BCUT2D eigenvalue weighted by Gasteiger charge is -2.12. The van der Waals surface area contributed by atoms with Crippen molar-refractivity contribution in [1.29, 1.82) is 0 Å². The van der Waals surface area contributed by atoms with Crippen LogP contribution in [0.5, 0.6) is 5.75 Å². The Balaban J connectivity index is 2.66. The third-order valence-corrected chi connectivity index (χ3v) is 3.08. The molecule has 0 saturated carbocycles. The highest BCUT2D eigenvalue weighted by molar-refractivity contribution is 9.10. The molecule has 0 aliphatic rings. The smallest absolute Gasteiger partial charge is 0.128 e. The summed E-state index contributed by atoms with van der Waals surface area (Å²) in [5, 5.41) is 0. The SMILES string of the molecule is COc1cc(C)cc(C)c1-c1cccc(Br)n1. The zero-order chi connectivity index (χ0) is 12.4. The third-order valence-electron chi connectivity index (χ3n) is 2.63. The van der Waals surface area contributed by atoms with Crippen molar-refractivity contribution in [3.05, 3.63) is 46.1 Å². The fraction of sp³-hybridized carbons (Fsp3) is 0.214. The molecule has 0 spiro atoms. The van der Waals surface area contributed by atoms with E-state index in [1.54, 1.807) is 7.11 Å². The van der Waals surface area contributed by atoms with E-state index in [1.807, 2.05) is 24.3 Å². The lowest BCUT2D eigenvalue weighted by molar-refractivity contribution is 0.415. The monoisotopic (exact) mass is 291 g/mol. The van der Waals surface area contributed by atoms with Crippen molar-refractivity contribution in [2.75, 3.05) is 7.11 Å². The summed E-state index contributed by atoms with van der Waals surface area (Å²) in [6, 6.07) is 10.1. The molecule has 3 heteroatoms. The average Bonchev–Trinajstić information content (AvgIpc) is 2.27. The van der Waals surface area contributed by atoms with E-state index in [0.717, 1.165) is 21.6 Å². The Morgan fingerprint density at radius 2 is 1.94 bits per heavy atom. The van der Waals surface area contributed by atoms with Gasteiger partial charge in [0.1, 0.15) is 10.4 Å². The molecule has 0 N–H and O–H groups in total. The highest BCUT2D eigenvalue weighted by Gasteiger charge is 2.11. The lowest BCUT2D eigenvalue weighted by Crippen LogP contribution is -1.94. The van der Waals surface area contributed by atoms with Gasteiger partial charge in [0.15, 0.2) is 0 Å². The number of ether oxygens (including phenoxy) is 1. The second kappa shape index (κ2) is 4.88. The molecular weight excluding hydrogens is 278 g/mol. The summed E-state index contributed by atoms with van der Waals surface area (Å²) in [7, 11) is 1.69. The van der Waals surface area contributed by atoms with E-state index in [9.17, 15) is 0 Å². The Morgan fingerprint density at radius 3 is 2.59 bits per heavy atom. The predicted molar refractivity (Wildman–Crippen MR) is 73.4 cm³/mol. The van der Waals surface area contributed by atoms with E-state index < -0.39 is 0 Å². The summed E-state index contributed by atoms with van der Waals surface area (Å²) in [6.07, 6.45) is 0. The van der Waals surface area contributed by atoms with E-state index in [2.05, 4.69) is 40.8 Å². The molecule has 0 radical (unpaired) electrons. The molecule has 0 aliphatic heterocycles. The van der Waals surface area contributed by atoms with Crippen LogP contribution in [0.2, 0.25) is 0 Å². The second-order valence-electron chi connectivity index (χ2n) is 4.00. The van der Waals surface area contributed by atoms with Crippen LogP contribution >= 0.6 is 15.9 Å². The van der Waals surface area contributed by atoms with Crippen LogP contribution in [0.3, 0.4) is 0 Å². The summed E-state index contributed by atoms with van der Waals surface area (Å²) in [6.45, 7) is 4.14. The van der Waals surface area contributed by atoms with Crippen LogP contribution in [-0.4, -0.2) is 12.1 Å². The summed E-state index contributed by atoms with van der Waals surface area (Å²) in [5.41, 5.74) is 4.35. The Bertz CT molecular complexity index is 552. The topological polar surface area (TPSA) is 22.1 Å². The fourth-order valence-electron chi connectivity index (χ4n) is 1.97. The molecule has 0 fully saturated rings. The van der Waals surface area contributed by atoms with Crippen LogP contribution in [0.4, 0.5) is 0 Å². The molecule has 0 saturated heterocycles. The number of aromatic nitrogens is 1. The molecule has 1 aromatic carbocycles. The molecule has 0 unspecified atom stereocenters. The maximum atomic E-state index is 5.45. The zero-order valence-electron chi connectivity index (χ0n) is 10.1. The number of nitrogens with zero attached hydrogens (tertiary/aromatic N) is 1.